The summed E-state index contributed by atoms with van der Waals surface area (Å²) in [5.41, 5.74) is -0.545. The number of amides is 2. The van der Waals surface area contributed by atoms with Gasteiger partial charge in [-0.3, -0.25) is 5.32 Å². The van der Waals surface area contributed by atoms with Gasteiger partial charge in [0.1, 0.15) is 11.4 Å². The first-order valence-electron chi connectivity index (χ1n) is 5.93. The van der Waals surface area contributed by atoms with Crippen LogP contribution < -0.4 is 10.6 Å². The SMILES string of the molecule is CC(C)(C)OC(=O)NCc1c(F)cccc1NC(=O)O. The van der Waals surface area contributed by atoms with Crippen LogP contribution in [0.4, 0.5) is 19.7 Å². The fourth-order valence-corrected chi connectivity index (χ4v) is 1.45. The van der Waals surface area contributed by atoms with Crippen LogP contribution >= 0.6 is 0 Å². The van der Waals surface area contributed by atoms with E-state index in [1.807, 2.05) is 0 Å². The topological polar surface area (TPSA) is 87.7 Å². The molecule has 0 aliphatic rings. The van der Waals surface area contributed by atoms with Gasteiger partial charge >= 0.3 is 12.2 Å². The highest BCUT2D eigenvalue weighted by molar-refractivity contribution is 5.84. The summed E-state index contributed by atoms with van der Waals surface area (Å²) < 4.78 is 18.7. The van der Waals surface area contributed by atoms with Crippen LogP contribution in [-0.4, -0.2) is 22.9 Å². The number of anilines is 1. The molecule has 0 aliphatic carbocycles. The summed E-state index contributed by atoms with van der Waals surface area (Å²) in [6, 6.07) is 3.96. The Morgan fingerprint density at radius 3 is 2.55 bits per heavy atom. The Labute approximate surface area is 115 Å². The quantitative estimate of drug-likeness (QED) is 0.796. The van der Waals surface area contributed by atoms with E-state index in [4.69, 9.17) is 9.84 Å². The largest absolute Gasteiger partial charge is 0.465 e. The van der Waals surface area contributed by atoms with Gasteiger partial charge in [-0.2, -0.15) is 0 Å². The summed E-state index contributed by atoms with van der Waals surface area (Å²) in [5, 5.41) is 13.1. The van der Waals surface area contributed by atoms with Gasteiger partial charge in [-0.05, 0) is 32.9 Å². The summed E-state index contributed by atoms with van der Waals surface area (Å²) >= 11 is 0. The number of hydrogen-bond donors (Lipinski definition) is 3. The monoisotopic (exact) mass is 284 g/mol. The molecule has 0 heterocycles. The van der Waals surface area contributed by atoms with Crippen molar-refractivity contribution in [2.24, 2.45) is 0 Å². The highest BCUT2D eigenvalue weighted by Gasteiger charge is 2.17. The normalized spacial score (nSPS) is 10.8. The van der Waals surface area contributed by atoms with Gasteiger partial charge in [0.2, 0.25) is 0 Å². The van der Waals surface area contributed by atoms with Crippen molar-refractivity contribution in [1.82, 2.24) is 5.32 Å². The summed E-state index contributed by atoms with van der Waals surface area (Å²) in [5.74, 6) is -0.618. The molecule has 0 bridgehead atoms. The van der Waals surface area contributed by atoms with E-state index in [-0.39, 0.29) is 17.8 Å². The van der Waals surface area contributed by atoms with Crippen molar-refractivity contribution in [2.75, 3.05) is 5.32 Å². The van der Waals surface area contributed by atoms with E-state index in [9.17, 15) is 14.0 Å². The van der Waals surface area contributed by atoms with E-state index >= 15 is 0 Å². The van der Waals surface area contributed by atoms with Crippen LogP contribution in [0.2, 0.25) is 0 Å². The highest BCUT2D eigenvalue weighted by atomic mass is 19.1. The van der Waals surface area contributed by atoms with Crippen molar-refractivity contribution in [3.05, 3.63) is 29.6 Å². The van der Waals surface area contributed by atoms with Crippen molar-refractivity contribution in [1.29, 1.82) is 0 Å². The Hall–Kier alpha value is -2.31. The fraction of sp³-hybridized carbons (Fsp3) is 0.385. The number of benzene rings is 1. The number of carboxylic acid groups (broad SMARTS) is 1. The van der Waals surface area contributed by atoms with Crippen LogP contribution in [-0.2, 0) is 11.3 Å². The molecule has 1 rings (SSSR count). The van der Waals surface area contributed by atoms with Crippen molar-refractivity contribution in [3.8, 4) is 0 Å². The second-order valence-corrected chi connectivity index (χ2v) is 5.05. The molecule has 0 radical (unpaired) electrons. The number of nitrogens with one attached hydrogen (secondary N) is 2. The number of halogens is 1. The maximum absolute atomic E-state index is 13.7. The molecule has 0 saturated carbocycles. The van der Waals surface area contributed by atoms with E-state index in [0.717, 1.165) is 0 Å². The van der Waals surface area contributed by atoms with E-state index in [1.165, 1.54) is 18.2 Å². The average Bonchev–Trinajstić information content (AvgIpc) is 2.24. The van der Waals surface area contributed by atoms with Crippen LogP contribution in [0, 0.1) is 5.82 Å². The number of hydrogen-bond acceptors (Lipinski definition) is 3. The van der Waals surface area contributed by atoms with Gasteiger partial charge in [-0.1, -0.05) is 6.07 Å². The summed E-state index contributed by atoms with van der Waals surface area (Å²) in [4.78, 5) is 22.1. The van der Waals surface area contributed by atoms with Crippen molar-refractivity contribution in [2.45, 2.75) is 32.9 Å². The molecule has 0 spiro atoms. The molecule has 3 N–H and O–H groups in total. The maximum atomic E-state index is 13.7. The molecule has 0 aromatic heterocycles. The standard InChI is InChI=1S/C13H17FN2O4/c1-13(2,3)20-12(19)15-7-8-9(14)5-4-6-10(8)16-11(17)18/h4-6,16H,7H2,1-3H3,(H,15,19)(H,17,18). The van der Waals surface area contributed by atoms with Crippen LogP contribution in [0.15, 0.2) is 18.2 Å². The van der Waals surface area contributed by atoms with Crippen LogP contribution in [0.1, 0.15) is 26.3 Å². The van der Waals surface area contributed by atoms with Crippen LogP contribution in [0.5, 0.6) is 0 Å². The minimum atomic E-state index is -1.31. The lowest BCUT2D eigenvalue weighted by Crippen LogP contribution is -2.32. The first-order chi connectivity index (χ1) is 9.19. The number of carbonyl (C=O) groups is 2. The third kappa shape index (κ3) is 5.13. The molecule has 20 heavy (non-hydrogen) atoms. The molecule has 0 saturated heterocycles. The predicted molar refractivity (Wildman–Crippen MR) is 71.1 cm³/mol. The molecule has 1 aromatic rings. The molecular weight excluding hydrogens is 267 g/mol. The van der Waals surface area contributed by atoms with Crippen LogP contribution in [0.25, 0.3) is 0 Å². The predicted octanol–water partition coefficient (Wildman–Crippen LogP) is 2.94. The van der Waals surface area contributed by atoms with Crippen molar-refractivity contribution >= 4 is 17.9 Å². The Morgan fingerprint density at radius 2 is 2.00 bits per heavy atom. The van der Waals surface area contributed by atoms with E-state index in [1.54, 1.807) is 20.8 Å². The summed E-state index contributed by atoms with van der Waals surface area (Å²) in [6.45, 7) is 4.92. The second-order valence-electron chi connectivity index (χ2n) is 5.05. The lowest BCUT2D eigenvalue weighted by Gasteiger charge is -2.20. The zero-order valence-electron chi connectivity index (χ0n) is 11.5. The minimum Gasteiger partial charge on any atom is -0.465 e. The van der Waals surface area contributed by atoms with Gasteiger partial charge in [0.25, 0.3) is 0 Å². The van der Waals surface area contributed by atoms with Gasteiger partial charge in [0, 0.05) is 5.56 Å². The number of alkyl carbamates (subject to hydrolysis) is 1. The number of rotatable bonds is 3. The van der Waals surface area contributed by atoms with Gasteiger partial charge in [-0.15, -0.1) is 0 Å². The lowest BCUT2D eigenvalue weighted by molar-refractivity contribution is 0.0523. The summed E-state index contributed by atoms with van der Waals surface area (Å²) in [7, 11) is 0. The van der Waals surface area contributed by atoms with Gasteiger partial charge in [-0.25, -0.2) is 14.0 Å². The molecule has 1 aromatic carbocycles. The second kappa shape index (κ2) is 6.23. The number of ether oxygens (including phenoxy) is 1. The highest BCUT2D eigenvalue weighted by Crippen LogP contribution is 2.19. The molecule has 0 fully saturated rings. The lowest BCUT2D eigenvalue weighted by atomic mass is 10.1. The number of carbonyl (C=O) groups excluding carboxylic acids is 1. The third-order valence-electron chi connectivity index (χ3n) is 2.17. The molecule has 7 heteroatoms. The first-order valence-corrected chi connectivity index (χ1v) is 5.93. The van der Waals surface area contributed by atoms with E-state index in [0.29, 0.717) is 0 Å². The Morgan fingerprint density at radius 1 is 1.35 bits per heavy atom. The van der Waals surface area contributed by atoms with Crippen LogP contribution in [0.3, 0.4) is 0 Å². The fourth-order valence-electron chi connectivity index (χ4n) is 1.45. The van der Waals surface area contributed by atoms with Crippen molar-refractivity contribution in [3.63, 3.8) is 0 Å². The molecule has 0 aliphatic heterocycles. The summed E-state index contributed by atoms with van der Waals surface area (Å²) in [6.07, 6.45) is -2.02. The Bertz CT molecular complexity index is 512. The van der Waals surface area contributed by atoms with Crippen molar-refractivity contribution < 1.29 is 23.8 Å². The smallest absolute Gasteiger partial charge is 0.409 e. The minimum absolute atomic E-state index is 0.0424. The maximum Gasteiger partial charge on any atom is 0.409 e. The Kier molecular flexibility index (Phi) is 4.90. The van der Waals surface area contributed by atoms with Gasteiger partial charge in [0.05, 0.1) is 12.2 Å². The first kappa shape index (κ1) is 15.7. The molecule has 2 amide bonds. The van der Waals surface area contributed by atoms with E-state index < -0.39 is 23.6 Å². The van der Waals surface area contributed by atoms with Gasteiger partial charge in [0.15, 0.2) is 0 Å². The molecule has 0 atom stereocenters. The molecular formula is C13H17FN2O4. The zero-order chi connectivity index (χ0) is 15.3. The average molecular weight is 284 g/mol. The van der Waals surface area contributed by atoms with Gasteiger partial charge < -0.3 is 15.2 Å². The molecule has 0 unspecified atom stereocenters. The Balaban J connectivity index is 2.77. The molecule has 110 valence electrons. The molecule has 6 nitrogen and oxygen atoms in total. The van der Waals surface area contributed by atoms with E-state index in [2.05, 4.69) is 10.6 Å². The zero-order valence-corrected chi connectivity index (χ0v) is 11.5. The third-order valence-corrected chi connectivity index (χ3v) is 2.17.